The Balaban J connectivity index is 1.80. The second-order valence-corrected chi connectivity index (χ2v) is 7.71. The third-order valence-electron chi connectivity index (χ3n) is 6.66. The van der Waals surface area contributed by atoms with Crippen LogP contribution in [0.25, 0.3) is 0 Å². The number of Topliss-reactive ketones (excluding diaryl/α,β-unsaturated/α-hetero) is 1. The normalized spacial score (nSPS) is 52.3. The van der Waals surface area contributed by atoms with Crippen molar-refractivity contribution in [1.29, 1.82) is 0 Å². The summed E-state index contributed by atoms with van der Waals surface area (Å²) in [6, 6.07) is 0. The van der Waals surface area contributed by atoms with Crippen molar-refractivity contribution in [2.45, 2.75) is 64.4 Å². The van der Waals surface area contributed by atoms with E-state index in [1.165, 1.54) is 6.92 Å². The number of carbonyl (C=O) groups excluding carboxylic acids is 2. The molecule has 120 valence electrons. The molecule has 4 aliphatic rings. The summed E-state index contributed by atoms with van der Waals surface area (Å²) < 4.78 is 17.7. The van der Waals surface area contributed by atoms with Gasteiger partial charge in [-0.05, 0) is 25.0 Å². The molecule has 1 spiro atoms. The van der Waals surface area contributed by atoms with Gasteiger partial charge in [-0.2, -0.15) is 0 Å². The first-order chi connectivity index (χ1) is 10.2. The van der Waals surface area contributed by atoms with Crippen LogP contribution in [0.3, 0.4) is 0 Å². The monoisotopic (exact) mass is 306 g/mol. The molecule has 1 saturated carbocycles. The topological polar surface area (TPSA) is 65.1 Å². The lowest BCUT2D eigenvalue weighted by Crippen LogP contribution is -2.62. The number of allylic oxidation sites excluding steroid dienone is 1. The van der Waals surface area contributed by atoms with Crippen molar-refractivity contribution in [2.24, 2.45) is 10.8 Å². The molecule has 0 N–H and O–H groups in total. The van der Waals surface area contributed by atoms with E-state index >= 15 is 0 Å². The summed E-state index contributed by atoms with van der Waals surface area (Å²) in [6.45, 7) is 8.18. The Bertz CT molecular complexity index is 604. The molecule has 3 fully saturated rings. The first-order valence-corrected chi connectivity index (χ1v) is 7.92. The largest absolute Gasteiger partial charge is 0.460 e. The third kappa shape index (κ3) is 1.46. The second-order valence-electron chi connectivity index (χ2n) is 7.71. The molecule has 5 nitrogen and oxygen atoms in total. The summed E-state index contributed by atoms with van der Waals surface area (Å²) in [5.41, 5.74) is -0.203. The average molecular weight is 306 g/mol. The van der Waals surface area contributed by atoms with Crippen molar-refractivity contribution in [3.05, 3.63) is 11.6 Å². The van der Waals surface area contributed by atoms with Crippen LogP contribution < -0.4 is 0 Å². The van der Waals surface area contributed by atoms with Gasteiger partial charge in [0.1, 0.15) is 17.8 Å². The molecule has 0 aromatic rings. The van der Waals surface area contributed by atoms with E-state index in [0.29, 0.717) is 19.4 Å². The molecule has 6 atom stereocenters. The van der Waals surface area contributed by atoms with Crippen LogP contribution in [0.15, 0.2) is 11.6 Å². The number of epoxide rings is 1. The van der Waals surface area contributed by atoms with Crippen LogP contribution >= 0.6 is 0 Å². The van der Waals surface area contributed by atoms with Crippen LogP contribution in [0.2, 0.25) is 0 Å². The molecule has 2 saturated heterocycles. The molecule has 4 rings (SSSR count). The van der Waals surface area contributed by atoms with E-state index in [1.54, 1.807) is 0 Å². The molecular weight excluding hydrogens is 284 g/mol. The number of fused-ring (bicyclic) bond motifs is 2. The lowest BCUT2D eigenvalue weighted by molar-refractivity contribution is -0.200. The van der Waals surface area contributed by atoms with Crippen LogP contribution in [0.5, 0.6) is 0 Å². The van der Waals surface area contributed by atoms with Crippen LogP contribution in [-0.4, -0.2) is 42.3 Å². The highest BCUT2D eigenvalue weighted by molar-refractivity contribution is 5.96. The van der Waals surface area contributed by atoms with Crippen LogP contribution in [0, 0.1) is 10.8 Å². The maximum absolute atomic E-state index is 12.3. The molecule has 2 bridgehead atoms. The Kier molecular flexibility index (Phi) is 2.62. The fourth-order valence-corrected chi connectivity index (χ4v) is 5.02. The van der Waals surface area contributed by atoms with E-state index in [9.17, 15) is 9.59 Å². The number of rotatable bonds is 1. The first-order valence-electron chi connectivity index (χ1n) is 7.92. The predicted octanol–water partition coefficient (Wildman–Crippen LogP) is 1.79. The van der Waals surface area contributed by atoms with Crippen molar-refractivity contribution in [1.82, 2.24) is 0 Å². The van der Waals surface area contributed by atoms with Gasteiger partial charge in [0.05, 0.1) is 12.7 Å². The van der Waals surface area contributed by atoms with Gasteiger partial charge in [0.25, 0.3) is 0 Å². The Morgan fingerprint density at radius 2 is 2.09 bits per heavy atom. The number of hydrogen-bond donors (Lipinski definition) is 0. The number of hydrogen-bond acceptors (Lipinski definition) is 5. The summed E-state index contributed by atoms with van der Waals surface area (Å²) in [5, 5.41) is 0. The highest BCUT2D eigenvalue weighted by atomic mass is 16.7. The number of esters is 1. The molecule has 22 heavy (non-hydrogen) atoms. The summed E-state index contributed by atoms with van der Waals surface area (Å²) in [4.78, 5) is 23.8. The summed E-state index contributed by atoms with van der Waals surface area (Å²) in [7, 11) is 0. The highest BCUT2D eigenvalue weighted by Crippen LogP contribution is 2.71. The molecule has 0 radical (unpaired) electrons. The van der Waals surface area contributed by atoms with E-state index < -0.39 is 5.60 Å². The lowest BCUT2D eigenvalue weighted by atomic mass is 9.52. The van der Waals surface area contributed by atoms with Crippen molar-refractivity contribution >= 4 is 11.8 Å². The van der Waals surface area contributed by atoms with Crippen LogP contribution in [0.1, 0.15) is 40.5 Å². The molecule has 2 aliphatic heterocycles. The van der Waals surface area contributed by atoms with Gasteiger partial charge in [-0.1, -0.05) is 13.8 Å². The Morgan fingerprint density at radius 3 is 2.68 bits per heavy atom. The average Bonchev–Trinajstić information content (AvgIpc) is 3.16. The van der Waals surface area contributed by atoms with Gasteiger partial charge in [-0.15, -0.1) is 0 Å². The van der Waals surface area contributed by atoms with Crippen molar-refractivity contribution in [3.8, 4) is 0 Å². The van der Waals surface area contributed by atoms with Gasteiger partial charge in [0, 0.05) is 24.2 Å². The Morgan fingerprint density at radius 1 is 1.41 bits per heavy atom. The standard InChI is InChI=1S/C17H22O5/c1-9-5-13-15(3,6-11(9)19)16(4)7-12(21-10(2)18)14(22-13)17(16)8-20-17/h5,12-14H,6-8H2,1-4H3. The molecule has 0 aromatic heterocycles. The fourth-order valence-electron chi connectivity index (χ4n) is 5.02. The van der Waals surface area contributed by atoms with Crippen molar-refractivity contribution in [2.75, 3.05) is 6.61 Å². The Hall–Kier alpha value is -1.20. The number of carbonyl (C=O) groups is 2. The zero-order chi connectivity index (χ0) is 15.9. The highest BCUT2D eigenvalue weighted by Gasteiger charge is 2.81. The van der Waals surface area contributed by atoms with Gasteiger partial charge < -0.3 is 14.2 Å². The number of ketones is 1. The molecule has 0 amide bonds. The van der Waals surface area contributed by atoms with E-state index in [-0.39, 0.29) is 40.9 Å². The first kappa shape index (κ1) is 14.4. The third-order valence-corrected chi connectivity index (χ3v) is 6.66. The minimum absolute atomic E-state index is 0.129. The maximum Gasteiger partial charge on any atom is 0.302 e. The van der Waals surface area contributed by atoms with Crippen molar-refractivity contribution in [3.63, 3.8) is 0 Å². The molecule has 2 aliphatic carbocycles. The van der Waals surface area contributed by atoms with E-state index in [4.69, 9.17) is 14.2 Å². The van der Waals surface area contributed by atoms with Crippen LogP contribution in [-0.2, 0) is 23.8 Å². The number of ether oxygens (including phenoxy) is 3. The Labute approximate surface area is 130 Å². The van der Waals surface area contributed by atoms with Gasteiger partial charge in [-0.25, -0.2) is 0 Å². The molecule has 5 heteroatoms. The quantitative estimate of drug-likeness (QED) is 0.546. The summed E-state index contributed by atoms with van der Waals surface area (Å²) in [5.74, 6) is -0.120. The smallest absolute Gasteiger partial charge is 0.302 e. The van der Waals surface area contributed by atoms with E-state index in [1.807, 2.05) is 13.0 Å². The van der Waals surface area contributed by atoms with Gasteiger partial charge in [0.2, 0.25) is 0 Å². The molecular formula is C17H22O5. The van der Waals surface area contributed by atoms with E-state index in [0.717, 1.165) is 5.57 Å². The maximum atomic E-state index is 12.3. The molecule has 2 heterocycles. The van der Waals surface area contributed by atoms with Crippen molar-refractivity contribution < 1.29 is 23.8 Å². The predicted molar refractivity (Wildman–Crippen MR) is 77.1 cm³/mol. The summed E-state index contributed by atoms with van der Waals surface area (Å²) in [6.07, 6.45) is 2.43. The minimum Gasteiger partial charge on any atom is -0.460 e. The second kappa shape index (κ2) is 4.01. The molecule has 6 unspecified atom stereocenters. The zero-order valence-electron chi connectivity index (χ0n) is 13.5. The SMILES string of the molecule is CC(=O)OC1CC2(C)C3(C)CC(=O)C(C)=CC3OC1C21CO1. The van der Waals surface area contributed by atoms with Gasteiger partial charge in [-0.3, -0.25) is 9.59 Å². The van der Waals surface area contributed by atoms with Gasteiger partial charge >= 0.3 is 5.97 Å². The van der Waals surface area contributed by atoms with Gasteiger partial charge in [0.15, 0.2) is 5.78 Å². The zero-order valence-corrected chi connectivity index (χ0v) is 13.5. The molecule has 0 aromatic carbocycles. The van der Waals surface area contributed by atoms with E-state index in [2.05, 4.69) is 13.8 Å². The minimum atomic E-state index is -0.405. The fraction of sp³-hybridized carbons (Fsp3) is 0.765. The van der Waals surface area contributed by atoms with Crippen LogP contribution in [0.4, 0.5) is 0 Å². The summed E-state index contributed by atoms with van der Waals surface area (Å²) >= 11 is 0. The lowest BCUT2D eigenvalue weighted by Gasteiger charge is -2.55.